The number of hydrogen-bond acceptors (Lipinski definition) is 30. The Labute approximate surface area is 869 Å². The number of halogens is 13. The van der Waals surface area contributed by atoms with E-state index >= 15 is 0 Å². The Morgan fingerprint density at radius 1 is 0.507 bits per heavy atom. The third kappa shape index (κ3) is 32.9. The van der Waals surface area contributed by atoms with Crippen LogP contribution in [0.15, 0.2) is 149 Å². The molecule has 0 aliphatic carbocycles. The Balaban J connectivity index is 0.000000165. The number of nitrogens with one attached hydrogen (secondary N) is 2. The standard InChI is InChI=1S/C26H32F3N5O3S2.C24H25ClF3N5O3S2.C24H28F3N5O3S2.C23H23F3N6OS/c1-18(2)30-7-12-39(36,37)16-20-5-3-19(4-6-20)13-23(35)33-8-10-34(11-9-33)24-22-14-21(15-26(27,28)29)38-25(22)32-17-31-24;1-3-6-33(38(2,35)36)17-5-4-16(20(25)12-17)11-21(34)31-7-9-32(10-8-31)22-19-13-18(14-24(26,27)28)37-23(19)30-15-29-22;1-2-28-16-37(34,35)14-18-5-3-17(4-6-18)11-21(33)31-7-9-32(10-8-31)22-20-12-19(13-24(25,26)27)36-23(20)30-15-29-22;1-30(7-6-27)17-4-2-16(3-5-17)12-20(33)31-8-10-32(11-9-31)21-19-13-18(14-23(24,25)26)34-22(19)29-15-28-21/h3-6,14,17-18,30H,7-13,15-16H2,1-2H3;1,4-5,12-13,15,19,23H,6-11,14H2,2H3;3-6,12,15,28H,2,7-11,13-14,16H2,1H3;2-5,13,15H,7-12,14H2,1H3. The average Bonchev–Trinajstić information content (AvgIpc) is 1.68. The first kappa shape index (κ1) is 114. The summed E-state index contributed by atoms with van der Waals surface area (Å²) in [6, 6.07) is 33.2. The number of carbonyl (C=O) groups is 4. The number of anilines is 5. The Bertz CT molecular complexity index is 6880. The second-order valence-electron chi connectivity index (χ2n) is 36.1. The van der Waals surface area contributed by atoms with Crippen LogP contribution in [0.4, 0.5) is 81.5 Å². The van der Waals surface area contributed by atoms with Gasteiger partial charge in [-0.3, -0.25) is 28.5 Å². The van der Waals surface area contributed by atoms with Crippen molar-refractivity contribution in [2.24, 2.45) is 15.9 Å². The number of nitrogens with zero attached hydrogens (tertiary/aromatic N) is 19. The summed E-state index contributed by atoms with van der Waals surface area (Å²) in [6.45, 7) is 14.7. The van der Waals surface area contributed by atoms with Crippen LogP contribution in [0, 0.1) is 29.6 Å². The van der Waals surface area contributed by atoms with Crippen molar-refractivity contribution >= 4 is 182 Å². The Morgan fingerprint density at radius 3 is 1.26 bits per heavy atom. The van der Waals surface area contributed by atoms with Crippen molar-refractivity contribution in [3.05, 3.63) is 192 Å². The number of piperazine rings is 4. The highest BCUT2D eigenvalue weighted by Gasteiger charge is 2.42. The number of rotatable bonds is 31. The highest BCUT2D eigenvalue weighted by molar-refractivity contribution is 8.04. The second-order valence-corrected chi connectivity index (χ2v) is 47.2. The van der Waals surface area contributed by atoms with Crippen molar-refractivity contribution in [2.45, 2.75) is 120 Å². The number of fused-ring (bicyclic) bond motifs is 4. The van der Waals surface area contributed by atoms with E-state index in [1.807, 2.05) is 76.6 Å². The van der Waals surface area contributed by atoms with Crippen LogP contribution in [-0.2, 0) is 105 Å². The summed E-state index contributed by atoms with van der Waals surface area (Å²) in [7, 11) is -8.25. The molecule has 2 N–H and O–H groups in total. The van der Waals surface area contributed by atoms with Gasteiger partial charge in [-0.1, -0.05) is 111 Å². The zero-order valence-electron chi connectivity index (χ0n) is 81.1. The Hall–Kier alpha value is -11.6. The maximum Gasteiger partial charge on any atom is 0.393 e. The summed E-state index contributed by atoms with van der Waals surface area (Å²) >= 11 is 10.6. The van der Waals surface area contributed by atoms with Gasteiger partial charge >= 0.3 is 24.7 Å². The summed E-state index contributed by atoms with van der Waals surface area (Å²) in [6.07, 6.45) is -6.92. The van der Waals surface area contributed by atoms with Crippen molar-refractivity contribution in [1.82, 2.24) is 65.0 Å². The third-order valence-corrected chi connectivity index (χ3v) is 33.3. The molecule has 6 aromatic heterocycles. The van der Waals surface area contributed by atoms with Crippen molar-refractivity contribution < 1.29 is 97.1 Å². The molecule has 10 aromatic rings. The summed E-state index contributed by atoms with van der Waals surface area (Å²) in [5.74, 6) is 4.12. The van der Waals surface area contributed by atoms with E-state index in [1.54, 1.807) is 86.3 Å². The van der Waals surface area contributed by atoms with Gasteiger partial charge in [0, 0.05) is 150 Å². The third-order valence-electron chi connectivity index (χ3n) is 24.4. The molecular formula is C97H108ClF12N21O10S7. The first-order valence-electron chi connectivity index (χ1n) is 46.9. The number of benzene rings is 4. The quantitative estimate of drug-likeness (QED) is 0.0231. The molecule has 0 spiro atoms. The number of terminal acetylenes is 1. The fraction of sp³-hybridized carbons (Fsp3) is 0.454. The molecule has 4 aromatic carbocycles. The molecule has 4 amide bonds. The Morgan fingerprint density at radius 2 is 0.885 bits per heavy atom. The highest BCUT2D eigenvalue weighted by Crippen LogP contribution is 2.46. The van der Waals surface area contributed by atoms with Gasteiger partial charge in [-0.2, -0.15) is 57.9 Å². The smallest absolute Gasteiger partial charge is 0.361 e. The maximum absolute atomic E-state index is 13.0. The molecule has 12 heterocycles. The average molecular weight is 2220 g/mol. The van der Waals surface area contributed by atoms with Gasteiger partial charge in [-0.05, 0) is 87.3 Å². The predicted molar refractivity (Wildman–Crippen MR) is 553 cm³/mol. The van der Waals surface area contributed by atoms with Gasteiger partial charge in [0.25, 0.3) is 0 Å². The second kappa shape index (κ2) is 49.9. The van der Waals surface area contributed by atoms with E-state index in [0.717, 1.165) is 78.7 Å². The van der Waals surface area contributed by atoms with Crippen LogP contribution < -0.4 is 34.5 Å². The van der Waals surface area contributed by atoms with E-state index in [-0.39, 0.29) is 127 Å². The predicted octanol–water partition coefficient (Wildman–Crippen LogP) is 13.8. The minimum atomic E-state index is -4.29. The Kier molecular flexibility index (Phi) is 38.3. The van der Waals surface area contributed by atoms with Crippen LogP contribution in [0.25, 0.3) is 30.6 Å². The van der Waals surface area contributed by atoms with E-state index in [0.29, 0.717) is 194 Å². The summed E-state index contributed by atoms with van der Waals surface area (Å²) in [5.41, 5.74) is 5.64. The summed E-state index contributed by atoms with van der Waals surface area (Å²) < 4.78 is 228. The molecule has 4 fully saturated rings. The minimum absolute atomic E-state index is 0.0219. The molecule has 2 atom stereocenters. The van der Waals surface area contributed by atoms with E-state index in [1.165, 1.54) is 49.6 Å². The number of amides is 4. The molecule has 51 heteroatoms. The number of thiophene rings is 3. The number of aliphatic imine (C=N–C) groups is 2. The lowest BCUT2D eigenvalue weighted by Crippen LogP contribution is -2.53. The lowest BCUT2D eigenvalue weighted by atomic mass is 10.0. The fourth-order valence-corrected chi connectivity index (χ4v) is 25.0. The SMILES string of the molecule is C#CCN(c1ccc(CC(=O)N2CCN(C3=NC=NC4SC(CC(F)(F)F)=CC34)CC2)c(Cl)c1)S(C)(=O)=O.CC(C)NCCS(=O)(=O)Cc1ccc(CC(=O)N2CCN(c3ncnc4sc(CC(F)(F)F)cc34)CC2)cc1.CCNCS(=O)(=O)Cc1ccc(CC(=O)N2CCN(c3ncnc4sc(CC(F)(F)F)cc34)CC2)cc1.CN(CC#N)c1ccc(CC(=O)N2CCN(c3ncnc4sc(CC(F)(F)F)cc34)CC2)cc1. The van der Waals surface area contributed by atoms with Crippen molar-refractivity contribution in [3.8, 4) is 18.4 Å². The summed E-state index contributed by atoms with van der Waals surface area (Å²) in [4.78, 5) is 105. The van der Waals surface area contributed by atoms with Crippen LogP contribution in [0.2, 0.25) is 5.02 Å². The minimum Gasteiger partial charge on any atom is -0.361 e. The molecule has 4 saturated heterocycles. The van der Waals surface area contributed by atoms with Gasteiger partial charge in [0.2, 0.25) is 33.7 Å². The number of hydrogen-bond donors (Lipinski definition) is 2. The highest BCUT2D eigenvalue weighted by atomic mass is 35.5. The molecule has 6 aliphatic rings. The largest absolute Gasteiger partial charge is 0.393 e. The molecule has 0 radical (unpaired) electrons. The zero-order chi connectivity index (χ0) is 107. The van der Waals surface area contributed by atoms with Crippen LogP contribution >= 0.6 is 57.4 Å². The molecule has 794 valence electrons. The summed E-state index contributed by atoms with van der Waals surface area (Å²) in [5, 5.41) is 16.4. The number of thioether (sulfide) groups is 1. The normalized spacial score (nSPS) is 16.5. The lowest BCUT2D eigenvalue weighted by molar-refractivity contribution is -0.132. The number of sulfone groups is 2. The van der Waals surface area contributed by atoms with Crippen LogP contribution in [-0.4, -0.2) is 307 Å². The van der Waals surface area contributed by atoms with Gasteiger partial charge in [-0.25, -0.2) is 60.1 Å². The number of alkyl halides is 12. The van der Waals surface area contributed by atoms with Crippen molar-refractivity contribution in [1.29, 1.82) is 5.26 Å². The molecule has 6 aliphatic heterocycles. The monoisotopic (exact) mass is 2210 g/mol. The number of allylic oxidation sites excluding steroid dienone is 1. The van der Waals surface area contributed by atoms with Gasteiger partial charge in [0.05, 0.1) is 121 Å². The molecule has 148 heavy (non-hydrogen) atoms. The fourth-order valence-electron chi connectivity index (χ4n) is 17.1. The van der Waals surface area contributed by atoms with Crippen LogP contribution in [0.1, 0.15) is 75.2 Å². The van der Waals surface area contributed by atoms with E-state index in [2.05, 4.69) is 62.5 Å². The lowest BCUT2D eigenvalue weighted by Gasteiger charge is -2.39. The molecule has 31 nitrogen and oxygen atoms in total. The van der Waals surface area contributed by atoms with Crippen molar-refractivity contribution in [2.75, 3.05) is 180 Å². The molecule has 2 unspecified atom stereocenters. The van der Waals surface area contributed by atoms with E-state index in [4.69, 9.17) is 23.3 Å². The van der Waals surface area contributed by atoms with Crippen molar-refractivity contribution in [3.63, 3.8) is 0 Å². The van der Waals surface area contributed by atoms with Crippen LogP contribution in [0.5, 0.6) is 0 Å². The van der Waals surface area contributed by atoms with Gasteiger partial charge in [0.15, 0.2) is 19.7 Å². The van der Waals surface area contributed by atoms with E-state index in [9.17, 15) is 97.1 Å². The number of nitriles is 1. The molecule has 0 bridgehead atoms. The van der Waals surface area contributed by atoms with Crippen LogP contribution in [0.3, 0.4) is 0 Å². The van der Waals surface area contributed by atoms with Gasteiger partial charge < -0.3 is 54.7 Å². The zero-order valence-corrected chi connectivity index (χ0v) is 87.5. The first-order chi connectivity index (χ1) is 70.0. The van der Waals surface area contributed by atoms with Gasteiger partial charge in [-0.15, -0.1) is 52.2 Å². The topological polar surface area (TPSA) is 353 Å². The number of aromatic nitrogens is 6. The number of amidine groups is 1. The molecule has 16 rings (SSSR count). The first-order valence-corrected chi connectivity index (χ1v) is 56.1. The maximum atomic E-state index is 13.0. The number of sulfonamides is 1. The van der Waals surface area contributed by atoms with E-state index < -0.39 is 80.1 Å². The molecular weight excluding hydrogens is 2110 g/mol. The number of carbonyl (C=O) groups excluding carboxylic acids is 4. The molecule has 0 saturated carbocycles. The van der Waals surface area contributed by atoms with Gasteiger partial charge in [0.1, 0.15) is 75.0 Å².